The summed E-state index contributed by atoms with van der Waals surface area (Å²) in [5.41, 5.74) is 0.331. The Balaban J connectivity index is 2.08. The van der Waals surface area contributed by atoms with Crippen LogP contribution >= 0.6 is 0 Å². The standard InChI is InChI=1S/C19H18F2O6/c1-11(17(22)12-4-6-13(7-5-12)27-19(20)21)26-18(23)15-9-8-14(24-2)10-16(15)25-3/h4-11,19H,1-3H3/t11-/m0/s1. The molecule has 144 valence electrons. The molecule has 0 aromatic heterocycles. The summed E-state index contributed by atoms with van der Waals surface area (Å²) in [6.45, 7) is -1.54. The highest BCUT2D eigenvalue weighted by atomic mass is 19.3. The molecule has 2 rings (SSSR count). The molecule has 27 heavy (non-hydrogen) atoms. The summed E-state index contributed by atoms with van der Waals surface area (Å²) in [6.07, 6.45) is -1.09. The quantitative estimate of drug-likeness (QED) is 0.513. The molecule has 0 spiro atoms. The van der Waals surface area contributed by atoms with E-state index >= 15 is 0 Å². The topological polar surface area (TPSA) is 71.1 Å². The first kappa shape index (κ1) is 20.2. The molecule has 2 aromatic carbocycles. The zero-order chi connectivity index (χ0) is 20.0. The number of hydrogen-bond acceptors (Lipinski definition) is 6. The predicted octanol–water partition coefficient (Wildman–Crippen LogP) is 3.73. The van der Waals surface area contributed by atoms with Crippen molar-refractivity contribution in [3.05, 3.63) is 53.6 Å². The summed E-state index contributed by atoms with van der Waals surface area (Å²) in [7, 11) is 2.87. The zero-order valence-corrected chi connectivity index (χ0v) is 14.9. The number of carbonyl (C=O) groups is 2. The van der Waals surface area contributed by atoms with Crippen molar-refractivity contribution in [1.82, 2.24) is 0 Å². The molecule has 0 bridgehead atoms. The maximum absolute atomic E-state index is 12.4. The molecule has 6 nitrogen and oxygen atoms in total. The molecular weight excluding hydrogens is 362 g/mol. The smallest absolute Gasteiger partial charge is 0.387 e. The van der Waals surface area contributed by atoms with E-state index < -0.39 is 24.5 Å². The highest BCUT2D eigenvalue weighted by molar-refractivity contribution is 6.02. The number of rotatable bonds is 8. The Hall–Kier alpha value is -3.16. The zero-order valence-electron chi connectivity index (χ0n) is 14.9. The van der Waals surface area contributed by atoms with Gasteiger partial charge in [0.25, 0.3) is 0 Å². The van der Waals surface area contributed by atoms with Crippen LogP contribution in [0.1, 0.15) is 27.6 Å². The Labute approximate surface area is 154 Å². The monoisotopic (exact) mass is 380 g/mol. The van der Waals surface area contributed by atoms with Crippen LogP contribution in [0.25, 0.3) is 0 Å². The van der Waals surface area contributed by atoms with Crippen LogP contribution in [-0.4, -0.2) is 38.7 Å². The van der Waals surface area contributed by atoms with Crippen molar-refractivity contribution in [3.63, 3.8) is 0 Å². The Kier molecular flexibility index (Phi) is 6.70. The van der Waals surface area contributed by atoms with Crippen molar-refractivity contribution in [2.75, 3.05) is 14.2 Å². The molecule has 0 aliphatic heterocycles. The van der Waals surface area contributed by atoms with Crippen molar-refractivity contribution >= 4 is 11.8 Å². The highest BCUT2D eigenvalue weighted by Crippen LogP contribution is 2.26. The number of ether oxygens (including phenoxy) is 4. The summed E-state index contributed by atoms with van der Waals surface area (Å²) in [4.78, 5) is 24.7. The van der Waals surface area contributed by atoms with Gasteiger partial charge in [-0.3, -0.25) is 4.79 Å². The van der Waals surface area contributed by atoms with Crippen LogP contribution in [0.5, 0.6) is 17.2 Å². The summed E-state index contributed by atoms with van der Waals surface area (Å²) in [5, 5.41) is 0. The third-order valence-corrected chi connectivity index (χ3v) is 3.65. The van der Waals surface area contributed by atoms with Crippen molar-refractivity contribution in [3.8, 4) is 17.2 Å². The summed E-state index contributed by atoms with van der Waals surface area (Å²) >= 11 is 0. The number of methoxy groups -OCH3 is 2. The van der Waals surface area contributed by atoms with Gasteiger partial charge in [0.1, 0.15) is 22.8 Å². The Morgan fingerprint density at radius 2 is 1.56 bits per heavy atom. The first-order valence-corrected chi connectivity index (χ1v) is 7.87. The minimum atomic E-state index is -2.95. The van der Waals surface area contributed by atoms with Gasteiger partial charge < -0.3 is 18.9 Å². The van der Waals surface area contributed by atoms with Gasteiger partial charge in [-0.2, -0.15) is 8.78 Å². The second kappa shape index (κ2) is 8.98. The predicted molar refractivity (Wildman–Crippen MR) is 91.8 cm³/mol. The minimum absolute atomic E-state index is 0.0748. The van der Waals surface area contributed by atoms with E-state index in [9.17, 15) is 18.4 Å². The van der Waals surface area contributed by atoms with Gasteiger partial charge in [-0.15, -0.1) is 0 Å². The van der Waals surface area contributed by atoms with Gasteiger partial charge in [0.05, 0.1) is 14.2 Å². The Morgan fingerprint density at radius 1 is 0.926 bits per heavy atom. The number of hydrogen-bond donors (Lipinski definition) is 0. The highest BCUT2D eigenvalue weighted by Gasteiger charge is 2.23. The molecule has 8 heteroatoms. The average molecular weight is 380 g/mol. The van der Waals surface area contributed by atoms with Gasteiger partial charge in [0, 0.05) is 11.6 Å². The second-order valence-electron chi connectivity index (χ2n) is 5.38. The van der Waals surface area contributed by atoms with Gasteiger partial charge >= 0.3 is 12.6 Å². The van der Waals surface area contributed by atoms with Crippen molar-refractivity contribution in [2.45, 2.75) is 19.6 Å². The average Bonchev–Trinajstić information content (AvgIpc) is 2.66. The lowest BCUT2D eigenvalue weighted by molar-refractivity contribution is -0.0498. The van der Waals surface area contributed by atoms with E-state index in [0.29, 0.717) is 5.75 Å². The van der Waals surface area contributed by atoms with Gasteiger partial charge in [-0.25, -0.2) is 4.79 Å². The number of benzene rings is 2. The van der Waals surface area contributed by atoms with Crippen molar-refractivity contribution in [1.29, 1.82) is 0 Å². The lowest BCUT2D eigenvalue weighted by atomic mass is 10.1. The number of Topliss-reactive ketones (excluding diaryl/α,β-unsaturated/α-hetero) is 1. The fraction of sp³-hybridized carbons (Fsp3) is 0.263. The van der Waals surface area contributed by atoms with Crippen LogP contribution < -0.4 is 14.2 Å². The van der Waals surface area contributed by atoms with Gasteiger partial charge in [-0.05, 0) is 43.3 Å². The largest absolute Gasteiger partial charge is 0.497 e. The molecule has 0 radical (unpaired) electrons. The van der Waals surface area contributed by atoms with E-state index in [1.165, 1.54) is 57.5 Å². The second-order valence-corrected chi connectivity index (χ2v) is 5.38. The van der Waals surface area contributed by atoms with Crippen LogP contribution in [0.2, 0.25) is 0 Å². The van der Waals surface area contributed by atoms with Crippen LogP contribution in [0.15, 0.2) is 42.5 Å². The van der Waals surface area contributed by atoms with Gasteiger partial charge in [0.2, 0.25) is 5.78 Å². The fourth-order valence-electron chi connectivity index (χ4n) is 2.28. The molecule has 0 saturated heterocycles. The maximum atomic E-state index is 12.4. The number of carbonyl (C=O) groups excluding carboxylic acids is 2. The van der Waals surface area contributed by atoms with Crippen LogP contribution in [-0.2, 0) is 4.74 Å². The lowest BCUT2D eigenvalue weighted by Crippen LogP contribution is -2.24. The summed E-state index contributed by atoms with van der Waals surface area (Å²) in [6, 6.07) is 9.66. The molecule has 0 saturated carbocycles. The van der Waals surface area contributed by atoms with Gasteiger partial charge in [0.15, 0.2) is 6.10 Å². The molecule has 0 heterocycles. The van der Waals surface area contributed by atoms with Crippen LogP contribution in [0.3, 0.4) is 0 Å². The molecule has 1 atom stereocenters. The van der Waals surface area contributed by atoms with E-state index in [1.54, 1.807) is 6.07 Å². The fourth-order valence-corrected chi connectivity index (χ4v) is 2.28. The molecular formula is C19H18F2O6. The van der Waals surface area contributed by atoms with E-state index in [2.05, 4.69) is 4.74 Å². The van der Waals surface area contributed by atoms with E-state index in [4.69, 9.17) is 14.2 Å². The first-order valence-electron chi connectivity index (χ1n) is 7.87. The first-order chi connectivity index (χ1) is 12.8. The lowest BCUT2D eigenvalue weighted by Gasteiger charge is -2.15. The Bertz CT molecular complexity index is 804. The van der Waals surface area contributed by atoms with Gasteiger partial charge in [-0.1, -0.05) is 0 Å². The maximum Gasteiger partial charge on any atom is 0.387 e. The number of esters is 1. The summed E-state index contributed by atoms with van der Waals surface area (Å²) in [5.74, 6) is -0.562. The molecule has 0 fully saturated rings. The van der Waals surface area contributed by atoms with Crippen molar-refractivity contribution < 1.29 is 37.3 Å². The normalized spacial score (nSPS) is 11.6. The third-order valence-electron chi connectivity index (χ3n) is 3.65. The SMILES string of the molecule is COc1ccc(C(=O)O[C@@H](C)C(=O)c2ccc(OC(F)F)cc2)c(OC)c1. The van der Waals surface area contributed by atoms with Crippen LogP contribution in [0, 0.1) is 0 Å². The van der Waals surface area contributed by atoms with Crippen molar-refractivity contribution in [2.24, 2.45) is 0 Å². The van der Waals surface area contributed by atoms with E-state index in [1.807, 2.05) is 0 Å². The molecule has 0 unspecified atom stereocenters. The third kappa shape index (κ3) is 5.16. The molecule has 0 amide bonds. The molecule has 0 aliphatic carbocycles. The molecule has 0 aliphatic rings. The van der Waals surface area contributed by atoms with E-state index in [0.717, 1.165) is 0 Å². The number of halogens is 2. The summed E-state index contributed by atoms with van der Waals surface area (Å²) < 4.78 is 43.9. The van der Waals surface area contributed by atoms with Crippen LogP contribution in [0.4, 0.5) is 8.78 Å². The number of alkyl halides is 2. The minimum Gasteiger partial charge on any atom is -0.497 e. The molecule has 0 N–H and O–H groups in total. The molecule has 2 aromatic rings. The van der Waals surface area contributed by atoms with E-state index in [-0.39, 0.29) is 22.6 Å². The Morgan fingerprint density at radius 3 is 2.11 bits per heavy atom. The number of ketones is 1.